The summed E-state index contributed by atoms with van der Waals surface area (Å²) in [6, 6.07) is 7.29. The molecule has 18 heavy (non-hydrogen) atoms. The molecule has 0 fully saturated rings. The van der Waals surface area contributed by atoms with Crippen LogP contribution >= 0.6 is 0 Å². The molecule has 1 unspecified atom stereocenters. The van der Waals surface area contributed by atoms with Gasteiger partial charge in [0.25, 0.3) is 0 Å². The van der Waals surface area contributed by atoms with Gasteiger partial charge in [-0.25, -0.2) is 0 Å². The zero-order valence-corrected chi connectivity index (χ0v) is 10.5. The second kappa shape index (κ2) is 4.44. The fourth-order valence-corrected chi connectivity index (χ4v) is 2.47. The van der Waals surface area contributed by atoms with E-state index in [4.69, 9.17) is 0 Å². The third-order valence-electron chi connectivity index (χ3n) is 3.58. The molecule has 0 saturated carbocycles. The molecule has 1 aliphatic heterocycles. The SMILES string of the molecule is CC1CCn2c(Cc3ccc(O)cc3)nnc2C1. The van der Waals surface area contributed by atoms with E-state index in [1.807, 2.05) is 12.1 Å². The van der Waals surface area contributed by atoms with Crippen molar-refractivity contribution in [3.05, 3.63) is 41.5 Å². The van der Waals surface area contributed by atoms with Crippen LogP contribution in [0.15, 0.2) is 24.3 Å². The molecule has 0 radical (unpaired) electrons. The Hall–Kier alpha value is -1.84. The standard InChI is InChI=1S/C14H17N3O/c1-10-6-7-17-13(8-10)15-16-14(17)9-11-2-4-12(18)5-3-11/h2-5,10,18H,6-9H2,1H3. The number of hydrogen-bond acceptors (Lipinski definition) is 3. The highest BCUT2D eigenvalue weighted by Crippen LogP contribution is 2.21. The van der Waals surface area contributed by atoms with Gasteiger partial charge < -0.3 is 9.67 Å². The van der Waals surface area contributed by atoms with Crippen molar-refractivity contribution in [3.63, 3.8) is 0 Å². The zero-order valence-electron chi connectivity index (χ0n) is 10.5. The van der Waals surface area contributed by atoms with Crippen LogP contribution in [-0.4, -0.2) is 19.9 Å². The van der Waals surface area contributed by atoms with Gasteiger partial charge in [0.15, 0.2) is 0 Å². The van der Waals surface area contributed by atoms with Crippen molar-refractivity contribution in [2.75, 3.05) is 0 Å². The fraction of sp³-hybridized carbons (Fsp3) is 0.429. The second-order valence-corrected chi connectivity index (χ2v) is 5.13. The fourth-order valence-electron chi connectivity index (χ4n) is 2.47. The molecule has 0 spiro atoms. The van der Waals surface area contributed by atoms with Crippen molar-refractivity contribution in [3.8, 4) is 5.75 Å². The maximum atomic E-state index is 9.27. The Balaban J connectivity index is 1.83. The summed E-state index contributed by atoms with van der Waals surface area (Å²) in [7, 11) is 0. The van der Waals surface area contributed by atoms with Gasteiger partial charge in [-0.3, -0.25) is 0 Å². The molecule has 0 bridgehead atoms. The maximum Gasteiger partial charge on any atom is 0.137 e. The van der Waals surface area contributed by atoms with Crippen LogP contribution in [0.3, 0.4) is 0 Å². The third kappa shape index (κ3) is 2.10. The van der Waals surface area contributed by atoms with Crippen LogP contribution in [0.1, 0.15) is 30.6 Å². The number of rotatable bonds is 2. The van der Waals surface area contributed by atoms with E-state index in [2.05, 4.69) is 21.7 Å². The summed E-state index contributed by atoms with van der Waals surface area (Å²) in [4.78, 5) is 0. The average Bonchev–Trinajstić information content (AvgIpc) is 2.74. The van der Waals surface area contributed by atoms with Crippen molar-refractivity contribution < 1.29 is 5.11 Å². The molecule has 1 atom stereocenters. The molecule has 0 saturated heterocycles. The van der Waals surface area contributed by atoms with E-state index in [-0.39, 0.29) is 0 Å². The number of aromatic hydroxyl groups is 1. The van der Waals surface area contributed by atoms with Crippen LogP contribution in [0.5, 0.6) is 5.75 Å². The number of phenolic OH excluding ortho intramolecular Hbond substituents is 1. The Morgan fingerprint density at radius 2 is 2.06 bits per heavy atom. The van der Waals surface area contributed by atoms with Gasteiger partial charge >= 0.3 is 0 Å². The molecule has 3 rings (SSSR count). The predicted molar refractivity (Wildman–Crippen MR) is 68.4 cm³/mol. The van der Waals surface area contributed by atoms with E-state index in [0.29, 0.717) is 11.7 Å². The number of fused-ring (bicyclic) bond motifs is 1. The lowest BCUT2D eigenvalue weighted by atomic mass is 10.00. The maximum absolute atomic E-state index is 9.27. The van der Waals surface area contributed by atoms with E-state index in [1.54, 1.807) is 12.1 Å². The molecule has 94 valence electrons. The largest absolute Gasteiger partial charge is 0.508 e. The Kier molecular flexibility index (Phi) is 2.78. The average molecular weight is 243 g/mol. The Morgan fingerprint density at radius 3 is 2.83 bits per heavy atom. The van der Waals surface area contributed by atoms with Crippen LogP contribution in [0.25, 0.3) is 0 Å². The monoisotopic (exact) mass is 243 g/mol. The van der Waals surface area contributed by atoms with E-state index >= 15 is 0 Å². The molecule has 2 aromatic rings. The topological polar surface area (TPSA) is 50.9 Å². The first kappa shape index (κ1) is 11.3. The molecule has 0 amide bonds. The van der Waals surface area contributed by atoms with E-state index in [9.17, 15) is 5.11 Å². The predicted octanol–water partition coefficient (Wildman–Crippen LogP) is 2.16. The first-order valence-corrected chi connectivity index (χ1v) is 6.41. The van der Waals surface area contributed by atoms with Gasteiger partial charge in [-0.2, -0.15) is 0 Å². The summed E-state index contributed by atoms with van der Waals surface area (Å²) < 4.78 is 2.24. The van der Waals surface area contributed by atoms with Crippen molar-refractivity contribution in [1.29, 1.82) is 0 Å². The molecule has 2 heterocycles. The van der Waals surface area contributed by atoms with Crippen LogP contribution in [-0.2, 0) is 19.4 Å². The van der Waals surface area contributed by atoms with Crippen LogP contribution in [0.4, 0.5) is 0 Å². The van der Waals surface area contributed by atoms with E-state index in [1.165, 1.54) is 6.42 Å². The molecule has 4 nitrogen and oxygen atoms in total. The number of benzene rings is 1. The molecule has 1 aromatic heterocycles. The first-order valence-electron chi connectivity index (χ1n) is 6.41. The van der Waals surface area contributed by atoms with Crippen LogP contribution in [0.2, 0.25) is 0 Å². The number of aromatic nitrogens is 3. The Bertz CT molecular complexity index is 545. The highest BCUT2D eigenvalue weighted by molar-refractivity contribution is 5.27. The summed E-state index contributed by atoms with van der Waals surface area (Å²) in [6.07, 6.45) is 3.01. The van der Waals surface area contributed by atoms with Crippen molar-refractivity contribution >= 4 is 0 Å². The molecule has 1 aromatic carbocycles. The van der Waals surface area contributed by atoms with Crippen molar-refractivity contribution in [2.45, 2.75) is 32.7 Å². The van der Waals surface area contributed by atoms with E-state index in [0.717, 1.165) is 36.6 Å². The lowest BCUT2D eigenvalue weighted by molar-refractivity contribution is 0.404. The minimum Gasteiger partial charge on any atom is -0.508 e. The van der Waals surface area contributed by atoms with E-state index < -0.39 is 0 Å². The normalized spacial score (nSPS) is 18.6. The summed E-state index contributed by atoms with van der Waals surface area (Å²) in [5, 5.41) is 17.9. The highest BCUT2D eigenvalue weighted by atomic mass is 16.3. The van der Waals surface area contributed by atoms with Crippen LogP contribution < -0.4 is 0 Å². The van der Waals surface area contributed by atoms with Crippen molar-refractivity contribution in [2.24, 2.45) is 5.92 Å². The minimum absolute atomic E-state index is 0.302. The van der Waals surface area contributed by atoms with Gasteiger partial charge in [-0.05, 0) is 30.0 Å². The summed E-state index contributed by atoms with van der Waals surface area (Å²) in [5.41, 5.74) is 1.15. The molecular weight excluding hydrogens is 226 g/mol. The Morgan fingerprint density at radius 1 is 1.28 bits per heavy atom. The summed E-state index contributed by atoms with van der Waals surface area (Å²) in [5.74, 6) is 3.16. The number of phenols is 1. The highest BCUT2D eigenvalue weighted by Gasteiger charge is 2.19. The quantitative estimate of drug-likeness (QED) is 0.879. The van der Waals surface area contributed by atoms with Gasteiger partial charge in [0.05, 0.1) is 0 Å². The zero-order chi connectivity index (χ0) is 12.5. The second-order valence-electron chi connectivity index (χ2n) is 5.13. The van der Waals surface area contributed by atoms with Gasteiger partial charge in [0, 0.05) is 19.4 Å². The molecule has 1 aliphatic rings. The number of nitrogens with zero attached hydrogens (tertiary/aromatic N) is 3. The van der Waals surface area contributed by atoms with Gasteiger partial charge in [-0.15, -0.1) is 10.2 Å². The molecule has 1 N–H and O–H groups in total. The minimum atomic E-state index is 0.302. The summed E-state index contributed by atoms with van der Waals surface area (Å²) >= 11 is 0. The molecule has 4 heteroatoms. The van der Waals surface area contributed by atoms with Crippen LogP contribution in [0, 0.1) is 5.92 Å². The van der Waals surface area contributed by atoms with Crippen molar-refractivity contribution in [1.82, 2.24) is 14.8 Å². The summed E-state index contributed by atoms with van der Waals surface area (Å²) in [6.45, 7) is 3.29. The Labute approximate surface area is 106 Å². The number of hydrogen-bond donors (Lipinski definition) is 1. The first-order chi connectivity index (χ1) is 8.72. The molecule has 0 aliphatic carbocycles. The molecular formula is C14H17N3O. The van der Waals surface area contributed by atoms with Gasteiger partial charge in [0.2, 0.25) is 0 Å². The van der Waals surface area contributed by atoms with Gasteiger partial charge in [-0.1, -0.05) is 19.1 Å². The lowest BCUT2D eigenvalue weighted by Crippen LogP contribution is -2.19. The van der Waals surface area contributed by atoms with Gasteiger partial charge in [0.1, 0.15) is 17.4 Å². The smallest absolute Gasteiger partial charge is 0.137 e. The lowest BCUT2D eigenvalue weighted by Gasteiger charge is -2.20. The third-order valence-corrected chi connectivity index (χ3v) is 3.58.